The van der Waals surface area contributed by atoms with E-state index in [9.17, 15) is 9.59 Å². The third kappa shape index (κ3) is 5.02. The first kappa shape index (κ1) is 22.1. The van der Waals surface area contributed by atoms with E-state index >= 15 is 0 Å². The minimum atomic E-state index is -0.618. The van der Waals surface area contributed by atoms with Gasteiger partial charge in [0.1, 0.15) is 0 Å². The van der Waals surface area contributed by atoms with Gasteiger partial charge in [0, 0.05) is 19.2 Å². The number of nitrogens with two attached hydrogens (primary N) is 1. The van der Waals surface area contributed by atoms with Gasteiger partial charge in [-0.1, -0.05) is 13.3 Å². The van der Waals surface area contributed by atoms with Crippen molar-refractivity contribution >= 4 is 29.9 Å². The molecule has 1 aliphatic rings. The Morgan fingerprint density at radius 3 is 2.31 bits per heavy atom. The molecule has 3 N–H and O–H groups in total. The summed E-state index contributed by atoms with van der Waals surface area (Å²) in [5.74, 6) is 0.447. The second-order valence-corrected chi connectivity index (χ2v) is 6.14. The Kier molecular flexibility index (Phi) is 8.68. The van der Waals surface area contributed by atoms with E-state index in [4.69, 9.17) is 15.2 Å². The molecule has 0 spiro atoms. The number of halogens is 1. The SMILES string of the molecule is CCCC(N)C(=O)Nc1cc(OC)c(OC)cc1C(=O)N1CCCC1.Cl. The molecule has 1 unspecified atom stereocenters. The molecule has 1 heterocycles. The van der Waals surface area contributed by atoms with Crippen LogP contribution in [0.1, 0.15) is 43.0 Å². The number of hydrogen-bond acceptors (Lipinski definition) is 5. The van der Waals surface area contributed by atoms with Gasteiger partial charge in [-0.2, -0.15) is 0 Å². The van der Waals surface area contributed by atoms with Crippen molar-refractivity contribution in [1.29, 1.82) is 0 Å². The van der Waals surface area contributed by atoms with Crippen LogP contribution in [-0.2, 0) is 4.79 Å². The number of anilines is 1. The van der Waals surface area contributed by atoms with Crippen molar-refractivity contribution in [3.8, 4) is 11.5 Å². The molecule has 1 aromatic carbocycles. The Hall–Kier alpha value is -1.99. The zero-order valence-corrected chi connectivity index (χ0v) is 16.4. The first-order valence-corrected chi connectivity index (χ1v) is 8.63. The monoisotopic (exact) mass is 385 g/mol. The van der Waals surface area contributed by atoms with Gasteiger partial charge >= 0.3 is 0 Å². The molecule has 0 radical (unpaired) electrons. The van der Waals surface area contributed by atoms with Crippen molar-refractivity contribution in [3.63, 3.8) is 0 Å². The number of methoxy groups -OCH3 is 2. The molecule has 8 heteroatoms. The molecule has 1 fully saturated rings. The molecule has 7 nitrogen and oxygen atoms in total. The highest BCUT2D eigenvalue weighted by Gasteiger charge is 2.25. The van der Waals surface area contributed by atoms with Crippen LogP contribution in [0.25, 0.3) is 0 Å². The maximum atomic E-state index is 12.9. The molecule has 2 rings (SSSR count). The van der Waals surface area contributed by atoms with E-state index in [1.165, 1.54) is 14.2 Å². The lowest BCUT2D eigenvalue weighted by molar-refractivity contribution is -0.117. The summed E-state index contributed by atoms with van der Waals surface area (Å²) >= 11 is 0. The molecule has 1 atom stereocenters. The zero-order chi connectivity index (χ0) is 18.4. The van der Waals surface area contributed by atoms with Gasteiger partial charge in [0.25, 0.3) is 5.91 Å². The fraction of sp³-hybridized carbons (Fsp3) is 0.556. The van der Waals surface area contributed by atoms with Crippen LogP contribution in [0.4, 0.5) is 5.69 Å². The molecular weight excluding hydrogens is 358 g/mol. The molecule has 26 heavy (non-hydrogen) atoms. The van der Waals surface area contributed by atoms with Crippen molar-refractivity contribution in [2.75, 3.05) is 32.6 Å². The lowest BCUT2D eigenvalue weighted by Crippen LogP contribution is -2.36. The van der Waals surface area contributed by atoms with Crippen molar-refractivity contribution in [3.05, 3.63) is 17.7 Å². The van der Waals surface area contributed by atoms with Gasteiger partial charge in [0.15, 0.2) is 11.5 Å². The van der Waals surface area contributed by atoms with Crippen LogP contribution >= 0.6 is 12.4 Å². The standard InChI is InChI=1S/C18H27N3O4.ClH/c1-4-7-13(19)17(22)20-14-11-16(25-3)15(24-2)10-12(14)18(23)21-8-5-6-9-21;/h10-11,13H,4-9,19H2,1-3H3,(H,20,22);1H. The maximum Gasteiger partial charge on any atom is 0.256 e. The zero-order valence-electron chi connectivity index (χ0n) is 15.5. The summed E-state index contributed by atoms with van der Waals surface area (Å²) in [6.45, 7) is 3.40. The van der Waals surface area contributed by atoms with E-state index in [2.05, 4.69) is 5.32 Å². The number of nitrogens with one attached hydrogen (secondary N) is 1. The lowest BCUT2D eigenvalue weighted by Gasteiger charge is -2.21. The van der Waals surface area contributed by atoms with E-state index in [0.717, 1.165) is 32.4 Å². The summed E-state index contributed by atoms with van der Waals surface area (Å²) in [4.78, 5) is 27.0. The second kappa shape index (κ2) is 10.2. The van der Waals surface area contributed by atoms with Crippen LogP contribution < -0.4 is 20.5 Å². The summed E-state index contributed by atoms with van der Waals surface area (Å²) in [5.41, 5.74) is 6.67. The predicted molar refractivity (Wildman–Crippen MR) is 103 cm³/mol. The van der Waals surface area contributed by atoms with Crippen LogP contribution in [0, 0.1) is 0 Å². The topological polar surface area (TPSA) is 93.9 Å². The molecular formula is C18H28ClN3O4. The predicted octanol–water partition coefficient (Wildman–Crippen LogP) is 2.43. The Balaban J connectivity index is 0.00000338. The van der Waals surface area contributed by atoms with E-state index in [1.54, 1.807) is 17.0 Å². The van der Waals surface area contributed by atoms with Gasteiger partial charge in [-0.3, -0.25) is 9.59 Å². The van der Waals surface area contributed by atoms with Crippen molar-refractivity contribution in [2.24, 2.45) is 5.73 Å². The normalized spacial score (nSPS) is 14.4. The Morgan fingerprint density at radius 2 is 1.77 bits per heavy atom. The molecule has 1 aromatic rings. The van der Waals surface area contributed by atoms with Gasteiger partial charge < -0.3 is 25.4 Å². The molecule has 0 aliphatic carbocycles. The summed E-state index contributed by atoms with van der Waals surface area (Å²) in [6, 6.07) is 2.60. The number of nitrogens with zero attached hydrogens (tertiary/aromatic N) is 1. The molecule has 0 bridgehead atoms. The van der Waals surface area contributed by atoms with Crippen molar-refractivity contribution < 1.29 is 19.1 Å². The van der Waals surface area contributed by atoms with E-state index in [0.29, 0.717) is 29.2 Å². The highest BCUT2D eigenvalue weighted by atomic mass is 35.5. The summed E-state index contributed by atoms with van der Waals surface area (Å²) in [5, 5.41) is 2.78. The minimum absolute atomic E-state index is 0. The number of hydrogen-bond donors (Lipinski definition) is 2. The summed E-state index contributed by atoms with van der Waals surface area (Å²) in [6.07, 6.45) is 3.36. The summed E-state index contributed by atoms with van der Waals surface area (Å²) < 4.78 is 10.6. The van der Waals surface area contributed by atoms with Crippen LogP contribution in [0.2, 0.25) is 0 Å². The summed E-state index contributed by atoms with van der Waals surface area (Å²) in [7, 11) is 3.02. The first-order valence-electron chi connectivity index (χ1n) is 8.63. The number of likely N-dealkylation sites (tertiary alicyclic amines) is 1. The van der Waals surface area contributed by atoms with Crippen LogP contribution in [0.15, 0.2) is 12.1 Å². The average Bonchev–Trinajstić information content (AvgIpc) is 3.15. The number of carbonyl (C=O) groups excluding carboxylic acids is 2. The maximum absolute atomic E-state index is 12.9. The highest BCUT2D eigenvalue weighted by Crippen LogP contribution is 2.34. The number of ether oxygens (including phenoxy) is 2. The van der Waals surface area contributed by atoms with Crippen LogP contribution in [0.5, 0.6) is 11.5 Å². The highest BCUT2D eigenvalue weighted by molar-refractivity contribution is 6.05. The largest absolute Gasteiger partial charge is 0.493 e. The molecule has 0 aromatic heterocycles. The van der Waals surface area contributed by atoms with E-state index in [1.807, 2.05) is 6.92 Å². The van der Waals surface area contributed by atoms with E-state index in [-0.39, 0.29) is 24.2 Å². The average molecular weight is 386 g/mol. The van der Waals surface area contributed by atoms with Gasteiger partial charge in [0.05, 0.1) is 31.5 Å². The number of rotatable bonds is 7. The molecule has 0 saturated carbocycles. The Labute approximate surface area is 160 Å². The van der Waals surface area contributed by atoms with Gasteiger partial charge in [-0.05, 0) is 25.3 Å². The van der Waals surface area contributed by atoms with Gasteiger partial charge in [0.2, 0.25) is 5.91 Å². The fourth-order valence-electron chi connectivity index (χ4n) is 2.92. The second-order valence-electron chi connectivity index (χ2n) is 6.14. The smallest absolute Gasteiger partial charge is 0.256 e. The molecule has 2 amide bonds. The van der Waals surface area contributed by atoms with Gasteiger partial charge in [-0.15, -0.1) is 12.4 Å². The molecule has 146 valence electrons. The minimum Gasteiger partial charge on any atom is -0.493 e. The van der Waals surface area contributed by atoms with Crippen LogP contribution in [-0.4, -0.2) is 50.1 Å². The Morgan fingerprint density at radius 1 is 1.19 bits per heavy atom. The number of carbonyl (C=O) groups is 2. The van der Waals surface area contributed by atoms with Crippen LogP contribution in [0.3, 0.4) is 0 Å². The third-order valence-electron chi connectivity index (χ3n) is 4.34. The van der Waals surface area contributed by atoms with Crippen molar-refractivity contribution in [1.82, 2.24) is 4.90 Å². The number of amides is 2. The lowest BCUT2D eigenvalue weighted by atomic mass is 10.1. The quantitative estimate of drug-likeness (QED) is 0.751. The fourth-order valence-corrected chi connectivity index (χ4v) is 2.92. The van der Waals surface area contributed by atoms with E-state index < -0.39 is 6.04 Å². The number of benzene rings is 1. The Bertz CT molecular complexity index is 633. The third-order valence-corrected chi connectivity index (χ3v) is 4.34. The van der Waals surface area contributed by atoms with Crippen molar-refractivity contribution in [2.45, 2.75) is 38.6 Å². The van der Waals surface area contributed by atoms with Gasteiger partial charge in [-0.25, -0.2) is 0 Å². The molecule has 1 aliphatic heterocycles. The molecule has 1 saturated heterocycles. The first-order chi connectivity index (χ1) is 12.0.